The molecule has 2 aromatic rings. The summed E-state index contributed by atoms with van der Waals surface area (Å²) in [6.07, 6.45) is 1.95. The molecule has 1 N–H and O–H groups in total. The first-order valence-electron chi connectivity index (χ1n) is 7.38. The monoisotopic (exact) mass is 271 g/mol. The topological polar surface area (TPSA) is 34.4 Å². The summed E-state index contributed by atoms with van der Waals surface area (Å²) < 4.78 is 12.0. The Balaban J connectivity index is 1.82. The quantitative estimate of drug-likeness (QED) is 0.904. The third-order valence-corrected chi connectivity index (χ3v) is 3.81. The summed E-state index contributed by atoms with van der Waals surface area (Å²) in [6, 6.07) is 12.5. The highest BCUT2D eigenvalue weighted by atomic mass is 16.5. The van der Waals surface area contributed by atoms with Crippen molar-refractivity contribution < 1.29 is 9.15 Å². The molecule has 0 spiro atoms. The zero-order valence-electron chi connectivity index (χ0n) is 12.1. The molecule has 3 nitrogen and oxygen atoms in total. The molecule has 2 unspecified atom stereocenters. The van der Waals surface area contributed by atoms with E-state index in [1.807, 2.05) is 12.1 Å². The summed E-state index contributed by atoms with van der Waals surface area (Å²) in [7, 11) is 0. The van der Waals surface area contributed by atoms with E-state index in [0.717, 1.165) is 36.7 Å². The Morgan fingerprint density at radius 2 is 2.05 bits per heavy atom. The van der Waals surface area contributed by atoms with Crippen LogP contribution in [-0.2, 0) is 12.8 Å². The third-order valence-electron chi connectivity index (χ3n) is 3.81. The first kappa shape index (κ1) is 13.3. The van der Waals surface area contributed by atoms with E-state index in [-0.39, 0.29) is 12.1 Å². The molecule has 2 atom stereocenters. The highest BCUT2D eigenvalue weighted by molar-refractivity contribution is 5.38. The van der Waals surface area contributed by atoms with Crippen molar-refractivity contribution in [2.75, 3.05) is 6.54 Å². The summed E-state index contributed by atoms with van der Waals surface area (Å²) in [5.41, 5.74) is 1.28. The van der Waals surface area contributed by atoms with E-state index in [4.69, 9.17) is 9.15 Å². The Morgan fingerprint density at radius 1 is 1.20 bits per heavy atom. The second-order valence-electron chi connectivity index (χ2n) is 5.16. The van der Waals surface area contributed by atoms with E-state index in [2.05, 4.69) is 43.4 Å². The zero-order chi connectivity index (χ0) is 13.9. The van der Waals surface area contributed by atoms with Gasteiger partial charge in [0.15, 0.2) is 0 Å². The lowest BCUT2D eigenvalue weighted by atomic mass is 10.0. The molecule has 0 aliphatic carbocycles. The minimum absolute atomic E-state index is 0.100. The second kappa shape index (κ2) is 5.71. The maximum atomic E-state index is 6.10. The summed E-state index contributed by atoms with van der Waals surface area (Å²) in [5.74, 6) is 3.00. The molecule has 20 heavy (non-hydrogen) atoms. The van der Waals surface area contributed by atoms with Gasteiger partial charge in [0.2, 0.25) is 0 Å². The fourth-order valence-corrected chi connectivity index (χ4v) is 2.78. The highest BCUT2D eigenvalue weighted by Gasteiger charge is 2.32. The van der Waals surface area contributed by atoms with Crippen molar-refractivity contribution in [3.8, 4) is 5.75 Å². The van der Waals surface area contributed by atoms with E-state index in [1.165, 1.54) is 5.56 Å². The van der Waals surface area contributed by atoms with Crippen LogP contribution < -0.4 is 10.1 Å². The standard InChI is InChI=1S/C17H21NO2/c1-3-13-9-10-15(19-13)17(18-4-2)16-11-12-7-5-6-8-14(12)20-16/h5-10,16-18H,3-4,11H2,1-2H3. The maximum Gasteiger partial charge on any atom is 0.125 e. The highest BCUT2D eigenvalue weighted by Crippen LogP contribution is 2.34. The number of furan rings is 1. The molecule has 3 heteroatoms. The summed E-state index contributed by atoms with van der Waals surface area (Å²) in [5, 5.41) is 3.49. The Bertz CT molecular complexity index is 551. The summed E-state index contributed by atoms with van der Waals surface area (Å²) in [4.78, 5) is 0. The molecule has 0 radical (unpaired) electrons. The average Bonchev–Trinajstić information content (AvgIpc) is 3.10. The van der Waals surface area contributed by atoms with Gasteiger partial charge in [0.25, 0.3) is 0 Å². The smallest absolute Gasteiger partial charge is 0.125 e. The number of nitrogens with one attached hydrogen (secondary N) is 1. The number of para-hydroxylation sites is 1. The molecule has 0 saturated carbocycles. The molecule has 1 aliphatic heterocycles. The van der Waals surface area contributed by atoms with Crippen molar-refractivity contribution in [2.45, 2.75) is 38.8 Å². The van der Waals surface area contributed by atoms with Crippen LogP contribution in [0.4, 0.5) is 0 Å². The molecule has 3 rings (SSSR count). The number of fused-ring (bicyclic) bond motifs is 1. The van der Waals surface area contributed by atoms with Crippen LogP contribution in [0.2, 0.25) is 0 Å². The zero-order valence-corrected chi connectivity index (χ0v) is 12.1. The van der Waals surface area contributed by atoms with Crippen LogP contribution in [0.5, 0.6) is 5.75 Å². The van der Waals surface area contributed by atoms with Gasteiger partial charge >= 0.3 is 0 Å². The van der Waals surface area contributed by atoms with Crippen LogP contribution in [0.25, 0.3) is 0 Å². The van der Waals surface area contributed by atoms with Crippen LogP contribution in [0, 0.1) is 0 Å². The van der Waals surface area contributed by atoms with E-state index < -0.39 is 0 Å². The van der Waals surface area contributed by atoms with Crippen molar-refractivity contribution in [2.24, 2.45) is 0 Å². The minimum atomic E-state index is 0.100. The molecule has 1 aromatic heterocycles. The normalized spacial score (nSPS) is 18.6. The lowest BCUT2D eigenvalue weighted by molar-refractivity contribution is 0.164. The van der Waals surface area contributed by atoms with Gasteiger partial charge in [0.1, 0.15) is 29.4 Å². The Hall–Kier alpha value is -1.74. The third kappa shape index (κ3) is 2.46. The van der Waals surface area contributed by atoms with Crippen LogP contribution in [0.3, 0.4) is 0 Å². The van der Waals surface area contributed by atoms with E-state index in [0.29, 0.717) is 0 Å². The van der Waals surface area contributed by atoms with Gasteiger partial charge in [0.05, 0.1) is 0 Å². The fourth-order valence-electron chi connectivity index (χ4n) is 2.78. The molecule has 0 saturated heterocycles. The van der Waals surface area contributed by atoms with Crippen molar-refractivity contribution in [3.63, 3.8) is 0 Å². The maximum absolute atomic E-state index is 6.10. The average molecular weight is 271 g/mol. The van der Waals surface area contributed by atoms with Crippen molar-refractivity contribution >= 4 is 0 Å². The lowest BCUT2D eigenvalue weighted by Crippen LogP contribution is -2.34. The van der Waals surface area contributed by atoms with Gasteiger partial charge in [-0.1, -0.05) is 32.0 Å². The molecule has 0 bridgehead atoms. The molecular weight excluding hydrogens is 250 g/mol. The van der Waals surface area contributed by atoms with E-state index >= 15 is 0 Å². The Labute approximate surface area is 119 Å². The van der Waals surface area contributed by atoms with Crippen molar-refractivity contribution in [1.82, 2.24) is 5.32 Å². The first-order chi connectivity index (χ1) is 9.81. The summed E-state index contributed by atoms with van der Waals surface area (Å²) >= 11 is 0. The molecule has 106 valence electrons. The van der Waals surface area contributed by atoms with Crippen molar-refractivity contribution in [1.29, 1.82) is 0 Å². The van der Waals surface area contributed by atoms with E-state index in [9.17, 15) is 0 Å². The number of ether oxygens (including phenoxy) is 1. The molecule has 0 amide bonds. The fraction of sp³-hybridized carbons (Fsp3) is 0.412. The molecule has 1 aliphatic rings. The predicted octanol–water partition coefficient (Wildman–Crippen LogP) is 3.50. The first-order valence-corrected chi connectivity index (χ1v) is 7.38. The van der Waals surface area contributed by atoms with Gasteiger partial charge in [-0.25, -0.2) is 0 Å². The molecule has 0 fully saturated rings. The van der Waals surface area contributed by atoms with Crippen LogP contribution >= 0.6 is 0 Å². The molecular formula is C17H21NO2. The minimum Gasteiger partial charge on any atom is -0.488 e. The van der Waals surface area contributed by atoms with Gasteiger partial charge < -0.3 is 14.5 Å². The van der Waals surface area contributed by atoms with E-state index in [1.54, 1.807) is 0 Å². The largest absolute Gasteiger partial charge is 0.488 e. The number of rotatable bonds is 5. The Kier molecular flexibility index (Phi) is 3.79. The summed E-state index contributed by atoms with van der Waals surface area (Å²) in [6.45, 7) is 5.11. The predicted molar refractivity (Wildman–Crippen MR) is 79.1 cm³/mol. The van der Waals surface area contributed by atoms with Gasteiger partial charge in [-0.3, -0.25) is 0 Å². The number of likely N-dealkylation sites (N-methyl/N-ethyl adjacent to an activating group) is 1. The van der Waals surface area contributed by atoms with Crippen molar-refractivity contribution in [3.05, 3.63) is 53.5 Å². The van der Waals surface area contributed by atoms with Gasteiger partial charge in [-0.05, 0) is 30.3 Å². The van der Waals surface area contributed by atoms with Crippen LogP contribution in [0.1, 0.15) is 37.0 Å². The van der Waals surface area contributed by atoms with Crippen LogP contribution in [0.15, 0.2) is 40.8 Å². The number of hydrogen-bond acceptors (Lipinski definition) is 3. The number of aryl methyl sites for hydroxylation is 1. The second-order valence-corrected chi connectivity index (χ2v) is 5.16. The molecule has 1 aromatic carbocycles. The Morgan fingerprint density at radius 3 is 2.75 bits per heavy atom. The van der Waals surface area contributed by atoms with Crippen LogP contribution in [-0.4, -0.2) is 12.6 Å². The molecule has 2 heterocycles. The number of hydrogen-bond donors (Lipinski definition) is 1. The van der Waals surface area contributed by atoms with Gasteiger partial charge in [-0.15, -0.1) is 0 Å². The lowest BCUT2D eigenvalue weighted by Gasteiger charge is -2.22. The van der Waals surface area contributed by atoms with Gasteiger partial charge in [0, 0.05) is 12.8 Å². The van der Waals surface area contributed by atoms with Gasteiger partial charge in [-0.2, -0.15) is 0 Å². The number of benzene rings is 1. The SMILES string of the molecule is CCNC(c1ccc(CC)o1)C1Cc2ccccc2O1.